The molecule has 0 unspecified atom stereocenters. The first-order valence-corrected chi connectivity index (χ1v) is 8.94. The van der Waals surface area contributed by atoms with Gasteiger partial charge in [-0.1, -0.05) is 0 Å². The first kappa shape index (κ1) is 20.0. The van der Waals surface area contributed by atoms with Crippen molar-refractivity contribution in [2.75, 3.05) is 12.3 Å². The van der Waals surface area contributed by atoms with E-state index in [0.29, 0.717) is 11.2 Å². The van der Waals surface area contributed by atoms with Crippen molar-refractivity contribution in [2.45, 2.75) is 30.1 Å². The molecule has 0 amide bonds. The van der Waals surface area contributed by atoms with Gasteiger partial charge in [-0.2, -0.15) is 12.6 Å². The fourth-order valence-corrected chi connectivity index (χ4v) is 2.87. The van der Waals surface area contributed by atoms with E-state index in [1.54, 1.807) is 11.5 Å². The largest absolute Gasteiger partial charge is 0.466 e. The van der Waals surface area contributed by atoms with Crippen molar-refractivity contribution >= 4 is 37.4 Å². The monoisotopic (exact) mass is 395 g/mol. The van der Waals surface area contributed by atoms with E-state index in [0.717, 1.165) is 0 Å². The number of imidazole rings is 1. The Labute approximate surface area is 147 Å². The predicted molar refractivity (Wildman–Crippen MR) is 88.4 cm³/mol. The van der Waals surface area contributed by atoms with Gasteiger partial charge in [-0.15, -0.1) is 0 Å². The van der Waals surface area contributed by atoms with E-state index in [4.69, 9.17) is 29.7 Å². The number of ether oxygens (including phenoxy) is 1. The molecule has 0 bridgehead atoms. The summed E-state index contributed by atoms with van der Waals surface area (Å²) in [6.07, 6.45) is 1.25. The molecule has 0 radical (unpaired) electrons. The van der Waals surface area contributed by atoms with E-state index in [2.05, 4.69) is 27.6 Å². The van der Waals surface area contributed by atoms with Gasteiger partial charge in [0.1, 0.15) is 17.9 Å². The van der Waals surface area contributed by atoms with Crippen molar-refractivity contribution in [3.63, 3.8) is 0 Å². The summed E-state index contributed by atoms with van der Waals surface area (Å²) in [7, 11) is -4.64. The van der Waals surface area contributed by atoms with Gasteiger partial charge < -0.3 is 35.4 Å². The number of nitrogens with zero attached hydrogens (tertiary/aromatic N) is 4. The van der Waals surface area contributed by atoms with Crippen LogP contribution in [0, 0.1) is 0 Å². The molecule has 1 aliphatic heterocycles. The second-order valence-corrected chi connectivity index (χ2v) is 6.97. The normalized spacial score (nSPS) is 29.5. The number of nitrogens with two attached hydrogens (primary N) is 1. The first-order chi connectivity index (χ1) is 11.5. The van der Waals surface area contributed by atoms with E-state index in [1.807, 2.05) is 0 Å². The second kappa shape index (κ2) is 7.13. The van der Waals surface area contributed by atoms with Gasteiger partial charge in [-0.25, -0.2) is 19.5 Å². The number of anilines is 1. The third-order valence-electron chi connectivity index (χ3n) is 3.66. The van der Waals surface area contributed by atoms with Gasteiger partial charge in [-0.3, -0.25) is 4.57 Å². The molecule has 0 saturated carbocycles. The summed E-state index contributed by atoms with van der Waals surface area (Å²) in [5.41, 5.74) is 5.70. The molecule has 0 spiro atoms. The third kappa shape index (κ3) is 4.10. The Hall–Kier alpha value is -1.31. The molecular formula is C11H18N5O7PS. The Morgan fingerprint density at radius 3 is 2.52 bits per heavy atom. The molecule has 25 heavy (non-hydrogen) atoms. The van der Waals surface area contributed by atoms with Gasteiger partial charge >= 0.3 is 7.82 Å². The van der Waals surface area contributed by atoms with Gasteiger partial charge in [0, 0.05) is 0 Å². The van der Waals surface area contributed by atoms with Crippen LogP contribution in [0.5, 0.6) is 0 Å². The van der Waals surface area contributed by atoms with E-state index in [9.17, 15) is 10.2 Å². The number of rotatable bonds is 2. The Kier molecular flexibility index (Phi) is 5.71. The molecule has 2 aromatic heterocycles. The summed E-state index contributed by atoms with van der Waals surface area (Å²) in [5.74, 6) is 0.269. The van der Waals surface area contributed by atoms with Crippen molar-refractivity contribution < 1.29 is 34.2 Å². The lowest BCUT2D eigenvalue weighted by Crippen LogP contribution is -2.39. The van der Waals surface area contributed by atoms with Crippen LogP contribution in [0.4, 0.5) is 5.82 Å². The highest BCUT2D eigenvalue weighted by Crippen LogP contribution is 2.40. The van der Waals surface area contributed by atoms with Crippen LogP contribution < -0.4 is 5.73 Å². The minimum Gasteiger partial charge on any atom is -0.394 e. The maximum atomic E-state index is 10.1. The van der Waals surface area contributed by atoms with Crippen LogP contribution in [0.2, 0.25) is 0 Å². The first-order valence-electron chi connectivity index (χ1n) is 6.86. The number of hydrogen-bond donors (Lipinski definition) is 7. The fraction of sp³-hybridized carbons (Fsp3) is 0.545. The highest BCUT2D eigenvalue weighted by atomic mass is 32.1. The zero-order valence-corrected chi connectivity index (χ0v) is 14.7. The van der Waals surface area contributed by atoms with Crippen LogP contribution in [-0.4, -0.2) is 68.5 Å². The van der Waals surface area contributed by atoms with Crippen molar-refractivity contribution in [1.82, 2.24) is 19.5 Å². The van der Waals surface area contributed by atoms with Crippen LogP contribution in [-0.2, 0) is 15.0 Å². The minimum atomic E-state index is -4.64. The summed E-state index contributed by atoms with van der Waals surface area (Å²) in [6, 6.07) is 0. The Bertz CT molecular complexity index is 792. The number of thiol groups is 1. The number of fused-ring (bicyclic) bond motifs is 1. The number of phosphoric acid groups is 1. The van der Waals surface area contributed by atoms with Crippen LogP contribution in [0.3, 0.4) is 0 Å². The van der Waals surface area contributed by atoms with E-state index in [1.165, 1.54) is 12.7 Å². The topological polar surface area (TPSA) is 197 Å². The average molecular weight is 395 g/mol. The summed E-state index contributed by atoms with van der Waals surface area (Å²) in [4.78, 5) is 33.8. The molecule has 12 nitrogen and oxygen atoms in total. The predicted octanol–water partition coefficient (Wildman–Crippen LogP) is -1.80. The fourth-order valence-electron chi connectivity index (χ4n) is 2.49. The molecule has 4 atom stereocenters. The molecule has 1 aliphatic rings. The van der Waals surface area contributed by atoms with Crippen molar-refractivity contribution in [3.05, 3.63) is 12.7 Å². The maximum absolute atomic E-state index is 10.1. The average Bonchev–Trinajstić information content (AvgIpc) is 3.03. The number of aromatic nitrogens is 4. The van der Waals surface area contributed by atoms with Gasteiger partial charge in [-0.05, 0) is 6.92 Å². The van der Waals surface area contributed by atoms with Gasteiger partial charge in [0.15, 0.2) is 17.2 Å². The molecule has 3 heterocycles. The van der Waals surface area contributed by atoms with E-state index >= 15 is 0 Å². The quantitative estimate of drug-likeness (QED) is 0.224. The summed E-state index contributed by atoms with van der Waals surface area (Å²) < 4.78 is 16.3. The highest BCUT2D eigenvalue weighted by Gasteiger charge is 2.51. The summed E-state index contributed by atoms with van der Waals surface area (Å²) in [6.45, 7) is 1.46. The zero-order chi connectivity index (χ0) is 19.0. The number of hydrogen-bond acceptors (Lipinski definition) is 9. The molecule has 1 saturated heterocycles. The summed E-state index contributed by atoms with van der Waals surface area (Å²) >= 11 is 4.41. The Balaban J connectivity index is 0.000000399. The van der Waals surface area contributed by atoms with Crippen molar-refractivity contribution in [2.24, 2.45) is 0 Å². The van der Waals surface area contributed by atoms with Crippen LogP contribution in [0.15, 0.2) is 12.7 Å². The maximum Gasteiger partial charge on any atom is 0.466 e. The smallest absolute Gasteiger partial charge is 0.394 e. The third-order valence-corrected chi connectivity index (χ3v) is 4.45. The van der Waals surface area contributed by atoms with Crippen molar-refractivity contribution in [1.29, 1.82) is 0 Å². The highest BCUT2D eigenvalue weighted by molar-refractivity contribution is 7.81. The molecule has 1 fully saturated rings. The number of nitrogen functional groups attached to an aromatic ring is 1. The number of aliphatic hydroxyl groups excluding tert-OH is 2. The Morgan fingerprint density at radius 2 is 2.00 bits per heavy atom. The van der Waals surface area contributed by atoms with E-state index in [-0.39, 0.29) is 12.4 Å². The van der Waals surface area contributed by atoms with Gasteiger partial charge in [0.25, 0.3) is 0 Å². The SMILES string of the molecule is C[C@@]1(n2cnc3c(N)ncnc32)O[C@H](CO)[C@@H](O)[C@H]1S.O=P(O)(O)O. The molecule has 140 valence electrons. The molecule has 2 aromatic rings. The van der Waals surface area contributed by atoms with Crippen molar-refractivity contribution in [3.8, 4) is 0 Å². The zero-order valence-electron chi connectivity index (χ0n) is 12.9. The van der Waals surface area contributed by atoms with Gasteiger partial charge in [0.05, 0.1) is 24.3 Å². The second-order valence-electron chi connectivity index (χ2n) is 5.39. The van der Waals surface area contributed by atoms with Crippen LogP contribution >= 0.6 is 20.5 Å². The standard InChI is InChI=1S/C11H15N5O3S.H3O4P/c1-11(8(20)7(18)5(2-17)19-11)16-4-15-6-9(12)13-3-14-10(6)16;1-5(2,3)4/h3-5,7-8,17-18,20H,2H2,1H3,(H2,12,13,14);(H3,1,2,3,4)/t5-,7-,8-,11-;/m1./s1. The lowest BCUT2D eigenvalue weighted by Gasteiger charge is -2.29. The molecular weight excluding hydrogens is 377 g/mol. The minimum absolute atomic E-state index is 0.269. The van der Waals surface area contributed by atoms with E-state index < -0.39 is 31.0 Å². The molecule has 3 rings (SSSR count). The van der Waals surface area contributed by atoms with Crippen LogP contribution in [0.25, 0.3) is 11.2 Å². The lowest BCUT2D eigenvalue weighted by atomic mass is 10.1. The molecule has 7 N–H and O–H groups in total. The number of aliphatic hydroxyl groups is 2. The van der Waals surface area contributed by atoms with Crippen LogP contribution in [0.1, 0.15) is 6.92 Å². The molecule has 0 aliphatic carbocycles. The molecule has 14 heteroatoms. The lowest BCUT2D eigenvalue weighted by molar-refractivity contribution is -0.102. The Morgan fingerprint density at radius 1 is 1.40 bits per heavy atom. The molecule has 0 aromatic carbocycles. The summed E-state index contributed by atoms with van der Waals surface area (Å²) in [5, 5.41) is 18.8. The van der Waals surface area contributed by atoms with Gasteiger partial charge in [0.2, 0.25) is 0 Å².